The Labute approximate surface area is 134 Å². The Morgan fingerprint density at radius 2 is 1.52 bits per heavy atom. The van der Waals surface area contributed by atoms with Gasteiger partial charge in [-0.25, -0.2) is 0 Å². The van der Waals surface area contributed by atoms with Crippen molar-refractivity contribution in [3.63, 3.8) is 0 Å². The van der Waals surface area contributed by atoms with Crippen LogP contribution in [0.1, 0.15) is 0 Å². The number of phenols is 1. The number of aromatic hydroxyl groups is 1. The number of aliphatic hydroxyl groups excluding tert-OH is 1. The maximum atomic E-state index is 9.53. The fourth-order valence-electron chi connectivity index (χ4n) is 3.32. The van der Waals surface area contributed by atoms with Crippen molar-refractivity contribution in [2.24, 2.45) is 0 Å². The lowest BCUT2D eigenvalue weighted by Gasteiger charge is -2.07. The van der Waals surface area contributed by atoms with Gasteiger partial charge in [-0.15, -0.1) is 0 Å². The predicted octanol–water partition coefficient (Wildman–Crippen LogP) is 4.16. The fourth-order valence-corrected chi connectivity index (χ4v) is 3.32. The van der Waals surface area contributed by atoms with Crippen molar-refractivity contribution in [3.8, 4) is 16.9 Å². The van der Waals surface area contributed by atoms with E-state index in [9.17, 15) is 10.2 Å². The molecule has 0 saturated heterocycles. The summed E-state index contributed by atoms with van der Waals surface area (Å²) in [5, 5.41) is 21.3. The van der Waals surface area contributed by atoms with Gasteiger partial charge in [0.15, 0.2) is 0 Å². The highest BCUT2D eigenvalue weighted by Gasteiger charge is 2.14. The van der Waals surface area contributed by atoms with Gasteiger partial charge in [0, 0.05) is 28.4 Å². The number of benzene rings is 3. The number of aromatic nitrogens is 1. The first kappa shape index (κ1) is 13.9. The molecule has 1 aromatic heterocycles. The number of para-hydroxylation sites is 1. The smallest absolute Gasteiger partial charge is 0.115 e. The molecule has 23 heavy (non-hydrogen) atoms. The van der Waals surface area contributed by atoms with Crippen molar-refractivity contribution >= 4 is 21.8 Å². The van der Waals surface area contributed by atoms with E-state index in [0.29, 0.717) is 6.54 Å². The first-order chi connectivity index (χ1) is 11.3. The van der Waals surface area contributed by atoms with Gasteiger partial charge in [0.25, 0.3) is 0 Å². The van der Waals surface area contributed by atoms with Crippen LogP contribution in [0.4, 0.5) is 0 Å². The molecular formula is C20H17NO2. The van der Waals surface area contributed by atoms with Crippen LogP contribution < -0.4 is 0 Å². The molecule has 0 unspecified atom stereocenters. The van der Waals surface area contributed by atoms with Crippen LogP contribution in [0.15, 0.2) is 66.7 Å². The second-order valence-electron chi connectivity index (χ2n) is 5.64. The molecule has 0 amide bonds. The highest BCUT2D eigenvalue weighted by Crippen LogP contribution is 2.36. The summed E-state index contributed by atoms with van der Waals surface area (Å²) in [6.07, 6.45) is 0. The number of aliphatic hydroxyl groups is 1. The van der Waals surface area contributed by atoms with Crippen molar-refractivity contribution in [1.29, 1.82) is 0 Å². The summed E-state index contributed by atoms with van der Waals surface area (Å²) in [6.45, 7) is 0.681. The zero-order valence-electron chi connectivity index (χ0n) is 12.6. The van der Waals surface area contributed by atoms with Crippen molar-refractivity contribution in [3.05, 3.63) is 66.7 Å². The average molecular weight is 303 g/mol. The number of hydrogen-bond acceptors (Lipinski definition) is 2. The van der Waals surface area contributed by atoms with Gasteiger partial charge in [0.2, 0.25) is 0 Å². The number of fused-ring (bicyclic) bond motifs is 3. The predicted molar refractivity (Wildman–Crippen MR) is 93.6 cm³/mol. The van der Waals surface area contributed by atoms with Gasteiger partial charge >= 0.3 is 0 Å². The van der Waals surface area contributed by atoms with Crippen LogP contribution in [-0.4, -0.2) is 21.4 Å². The SMILES string of the molecule is OCCn1c2ccccc2c2c(-c3ccc(O)cc3)cccc21. The zero-order valence-corrected chi connectivity index (χ0v) is 12.6. The molecule has 2 N–H and O–H groups in total. The highest BCUT2D eigenvalue weighted by molar-refractivity contribution is 6.14. The molecule has 0 spiro atoms. The molecule has 3 heteroatoms. The molecule has 4 aromatic rings. The largest absolute Gasteiger partial charge is 0.508 e. The van der Waals surface area contributed by atoms with Crippen LogP contribution in [-0.2, 0) is 6.54 Å². The summed E-state index contributed by atoms with van der Waals surface area (Å²) >= 11 is 0. The molecule has 0 aliphatic carbocycles. The van der Waals surface area contributed by atoms with Crippen molar-refractivity contribution in [2.75, 3.05) is 6.61 Å². The van der Waals surface area contributed by atoms with Gasteiger partial charge in [-0.3, -0.25) is 0 Å². The second kappa shape index (κ2) is 5.45. The van der Waals surface area contributed by atoms with Gasteiger partial charge in [0.05, 0.1) is 6.61 Å². The molecular weight excluding hydrogens is 286 g/mol. The minimum absolute atomic E-state index is 0.108. The van der Waals surface area contributed by atoms with Crippen molar-refractivity contribution < 1.29 is 10.2 Å². The van der Waals surface area contributed by atoms with E-state index in [4.69, 9.17) is 0 Å². The first-order valence-corrected chi connectivity index (χ1v) is 7.70. The average Bonchev–Trinajstić information content (AvgIpc) is 2.91. The number of rotatable bonds is 3. The lowest BCUT2D eigenvalue weighted by Crippen LogP contribution is -2.01. The maximum absolute atomic E-state index is 9.53. The van der Waals surface area contributed by atoms with Crippen LogP contribution >= 0.6 is 0 Å². The van der Waals surface area contributed by atoms with E-state index < -0.39 is 0 Å². The van der Waals surface area contributed by atoms with Gasteiger partial charge in [-0.1, -0.05) is 42.5 Å². The van der Waals surface area contributed by atoms with E-state index in [1.54, 1.807) is 12.1 Å². The van der Waals surface area contributed by atoms with E-state index in [1.807, 2.05) is 30.3 Å². The minimum Gasteiger partial charge on any atom is -0.508 e. The molecule has 0 aliphatic heterocycles. The molecule has 0 aliphatic rings. The molecule has 114 valence electrons. The number of hydrogen-bond donors (Lipinski definition) is 2. The Morgan fingerprint density at radius 3 is 2.30 bits per heavy atom. The molecule has 0 atom stereocenters. The van der Waals surface area contributed by atoms with Crippen LogP contribution in [0.5, 0.6) is 5.75 Å². The normalized spacial score (nSPS) is 11.3. The van der Waals surface area contributed by atoms with Crippen LogP contribution in [0.3, 0.4) is 0 Å². The Balaban J connectivity index is 2.10. The highest BCUT2D eigenvalue weighted by atomic mass is 16.3. The van der Waals surface area contributed by atoms with E-state index in [-0.39, 0.29) is 12.4 Å². The van der Waals surface area contributed by atoms with Crippen LogP contribution in [0, 0.1) is 0 Å². The lowest BCUT2D eigenvalue weighted by molar-refractivity contribution is 0.280. The van der Waals surface area contributed by atoms with Gasteiger partial charge in [0.1, 0.15) is 5.75 Å². The van der Waals surface area contributed by atoms with Gasteiger partial charge in [-0.2, -0.15) is 0 Å². The Bertz CT molecular complexity index is 984. The van der Waals surface area contributed by atoms with Crippen LogP contribution in [0.25, 0.3) is 32.9 Å². The molecule has 1 heterocycles. The minimum atomic E-state index is 0.108. The van der Waals surface area contributed by atoms with Gasteiger partial charge in [-0.05, 0) is 35.4 Å². The summed E-state index contributed by atoms with van der Waals surface area (Å²) in [6, 6.07) is 21.8. The van der Waals surface area contributed by atoms with E-state index in [2.05, 4.69) is 28.8 Å². The second-order valence-corrected chi connectivity index (χ2v) is 5.64. The molecule has 4 rings (SSSR count). The summed E-state index contributed by atoms with van der Waals surface area (Å²) in [4.78, 5) is 0. The fraction of sp³-hybridized carbons (Fsp3) is 0.100. The molecule has 0 bridgehead atoms. The zero-order chi connectivity index (χ0) is 15.8. The standard InChI is InChI=1S/C20H17NO2/c22-13-12-21-18-6-2-1-4-17(18)20-16(5-3-7-19(20)21)14-8-10-15(23)11-9-14/h1-11,22-23H,12-13H2. The lowest BCUT2D eigenvalue weighted by atomic mass is 9.99. The van der Waals surface area contributed by atoms with Crippen LogP contribution in [0.2, 0.25) is 0 Å². The third kappa shape index (κ3) is 2.17. The van der Waals surface area contributed by atoms with E-state index in [0.717, 1.165) is 22.2 Å². The molecule has 0 saturated carbocycles. The van der Waals surface area contributed by atoms with Crippen molar-refractivity contribution in [1.82, 2.24) is 4.57 Å². The summed E-state index contributed by atoms with van der Waals surface area (Å²) < 4.78 is 2.16. The third-order valence-electron chi connectivity index (χ3n) is 4.30. The molecule has 0 radical (unpaired) electrons. The Hall–Kier alpha value is -2.78. The van der Waals surface area contributed by atoms with Crippen molar-refractivity contribution in [2.45, 2.75) is 6.54 Å². The monoisotopic (exact) mass is 303 g/mol. The Morgan fingerprint density at radius 1 is 0.783 bits per heavy atom. The van der Waals surface area contributed by atoms with E-state index >= 15 is 0 Å². The van der Waals surface area contributed by atoms with Gasteiger partial charge < -0.3 is 14.8 Å². The quantitative estimate of drug-likeness (QED) is 0.597. The summed E-state index contributed by atoms with van der Waals surface area (Å²) in [5.74, 6) is 0.267. The number of phenolic OH excluding ortho intramolecular Hbond substituents is 1. The first-order valence-electron chi connectivity index (χ1n) is 7.70. The van der Waals surface area contributed by atoms with E-state index in [1.165, 1.54) is 10.8 Å². The summed E-state index contributed by atoms with van der Waals surface area (Å²) in [5.41, 5.74) is 4.45. The maximum Gasteiger partial charge on any atom is 0.115 e. The molecule has 0 fully saturated rings. The molecule has 3 nitrogen and oxygen atoms in total. The Kier molecular flexibility index (Phi) is 3.28. The third-order valence-corrected chi connectivity index (χ3v) is 4.30. The molecule has 3 aromatic carbocycles. The summed E-state index contributed by atoms with van der Waals surface area (Å²) in [7, 11) is 0. The topological polar surface area (TPSA) is 45.4 Å². The number of nitrogens with zero attached hydrogens (tertiary/aromatic N) is 1.